The van der Waals surface area contributed by atoms with E-state index in [-0.39, 0.29) is 12.2 Å². The molecular weight excluding hydrogens is 329 g/mol. The first kappa shape index (κ1) is 18.2. The number of nitrogens with zero attached hydrogens (tertiary/aromatic N) is 1. The van der Waals surface area contributed by atoms with Crippen LogP contribution in [-0.2, 0) is 6.54 Å². The van der Waals surface area contributed by atoms with E-state index in [9.17, 15) is 27.1 Å². The molecule has 0 fully saturated rings. The molecular formula is C17H16F5NO. The summed E-state index contributed by atoms with van der Waals surface area (Å²) in [6.45, 7) is 0.994. The summed E-state index contributed by atoms with van der Waals surface area (Å²) >= 11 is 0. The van der Waals surface area contributed by atoms with Crippen LogP contribution in [-0.4, -0.2) is 23.9 Å². The molecule has 0 saturated carbocycles. The molecule has 0 bridgehead atoms. The highest BCUT2D eigenvalue weighted by atomic mass is 19.4. The van der Waals surface area contributed by atoms with Crippen molar-refractivity contribution >= 4 is 5.69 Å². The van der Waals surface area contributed by atoms with Gasteiger partial charge in [-0.1, -0.05) is 29.8 Å². The molecule has 0 heterocycles. The van der Waals surface area contributed by atoms with Crippen LogP contribution in [0, 0.1) is 18.6 Å². The lowest BCUT2D eigenvalue weighted by atomic mass is 10.1. The quantitative estimate of drug-likeness (QED) is 0.821. The number of benzene rings is 2. The molecule has 0 aromatic heterocycles. The minimum Gasteiger partial charge on any atom is -0.382 e. The van der Waals surface area contributed by atoms with E-state index in [1.165, 1.54) is 0 Å². The second kappa shape index (κ2) is 7.17. The summed E-state index contributed by atoms with van der Waals surface area (Å²) < 4.78 is 64.8. The summed E-state index contributed by atoms with van der Waals surface area (Å²) in [5, 5.41) is 9.32. The number of halogens is 5. The molecule has 1 N–H and O–H groups in total. The van der Waals surface area contributed by atoms with E-state index < -0.39 is 30.5 Å². The summed E-state index contributed by atoms with van der Waals surface area (Å²) in [6, 6.07) is 9.46. The highest BCUT2D eigenvalue weighted by Gasteiger charge is 2.39. The van der Waals surface area contributed by atoms with Gasteiger partial charge in [-0.25, -0.2) is 8.78 Å². The summed E-state index contributed by atoms with van der Waals surface area (Å²) in [7, 11) is 0. The number of hydrogen-bond acceptors (Lipinski definition) is 2. The van der Waals surface area contributed by atoms with E-state index in [1.807, 2.05) is 6.92 Å². The van der Waals surface area contributed by atoms with Gasteiger partial charge < -0.3 is 10.0 Å². The fourth-order valence-corrected chi connectivity index (χ4v) is 2.21. The monoisotopic (exact) mass is 345 g/mol. The molecule has 0 aliphatic rings. The van der Waals surface area contributed by atoms with Gasteiger partial charge in [-0.2, -0.15) is 13.2 Å². The number of aliphatic hydroxyl groups is 1. The first-order chi connectivity index (χ1) is 11.1. The van der Waals surface area contributed by atoms with Crippen LogP contribution in [0.25, 0.3) is 0 Å². The largest absolute Gasteiger partial charge is 0.416 e. The molecule has 0 aliphatic heterocycles. The Hall–Kier alpha value is -2.15. The Morgan fingerprint density at radius 3 is 2.04 bits per heavy atom. The number of hydrogen-bond donors (Lipinski definition) is 1. The van der Waals surface area contributed by atoms with Crippen molar-refractivity contribution in [3.63, 3.8) is 0 Å². The molecule has 2 aromatic rings. The molecule has 0 spiro atoms. The summed E-state index contributed by atoms with van der Waals surface area (Å²) in [5.41, 5.74) is 1.55. The van der Waals surface area contributed by atoms with Crippen LogP contribution < -0.4 is 4.90 Å². The van der Waals surface area contributed by atoms with Gasteiger partial charge in [0.15, 0.2) is 6.10 Å². The van der Waals surface area contributed by atoms with Gasteiger partial charge in [0.1, 0.15) is 11.6 Å². The highest BCUT2D eigenvalue weighted by Crippen LogP contribution is 2.25. The van der Waals surface area contributed by atoms with Crippen LogP contribution in [0.2, 0.25) is 0 Å². The zero-order chi connectivity index (χ0) is 17.9. The first-order valence-corrected chi connectivity index (χ1v) is 7.16. The molecule has 1 atom stereocenters. The van der Waals surface area contributed by atoms with Crippen molar-refractivity contribution in [3.05, 3.63) is 65.2 Å². The zero-order valence-electron chi connectivity index (χ0n) is 12.8. The number of anilines is 1. The van der Waals surface area contributed by atoms with Crippen molar-refractivity contribution in [1.29, 1.82) is 0 Å². The van der Waals surface area contributed by atoms with E-state index in [0.29, 0.717) is 11.6 Å². The molecule has 24 heavy (non-hydrogen) atoms. The highest BCUT2D eigenvalue weighted by molar-refractivity contribution is 5.48. The molecule has 0 amide bonds. The van der Waals surface area contributed by atoms with Crippen LogP contribution in [0.1, 0.15) is 11.1 Å². The zero-order valence-corrected chi connectivity index (χ0v) is 12.8. The molecule has 0 saturated heterocycles. The van der Waals surface area contributed by atoms with E-state index in [0.717, 1.165) is 22.6 Å². The molecule has 130 valence electrons. The van der Waals surface area contributed by atoms with E-state index in [4.69, 9.17) is 0 Å². The maximum atomic E-state index is 13.4. The smallest absolute Gasteiger partial charge is 0.382 e. The van der Waals surface area contributed by atoms with Gasteiger partial charge in [0, 0.05) is 18.3 Å². The fraction of sp³-hybridized carbons (Fsp3) is 0.294. The molecule has 7 heteroatoms. The van der Waals surface area contributed by atoms with E-state index >= 15 is 0 Å². The van der Waals surface area contributed by atoms with E-state index in [1.54, 1.807) is 24.3 Å². The molecule has 0 radical (unpaired) electrons. The third kappa shape index (κ3) is 4.92. The molecule has 1 unspecified atom stereocenters. The average Bonchev–Trinajstić information content (AvgIpc) is 2.46. The predicted octanol–water partition coefficient (Wildman–Crippen LogP) is 4.20. The van der Waals surface area contributed by atoms with Crippen LogP contribution in [0.15, 0.2) is 42.5 Å². The van der Waals surface area contributed by atoms with Gasteiger partial charge >= 0.3 is 6.18 Å². The van der Waals surface area contributed by atoms with Gasteiger partial charge in [0.05, 0.1) is 6.54 Å². The number of rotatable bonds is 5. The Labute approximate surface area is 136 Å². The number of aliphatic hydroxyl groups excluding tert-OH is 1. The van der Waals surface area contributed by atoms with Crippen molar-refractivity contribution in [1.82, 2.24) is 0 Å². The molecule has 2 aromatic carbocycles. The van der Waals surface area contributed by atoms with Crippen LogP contribution in [0.4, 0.5) is 27.6 Å². The van der Waals surface area contributed by atoms with E-state index in [2.05, 4.69) is 0 Å². The van der Waals surface area contributed by atoms with Gasteiger partial charge in [0.2, 0.25) is 0 Å². The Kier molecular flexibility index (Phi) is 5.43. The van der Waals surface area contributed by atoms with Crippen molar-refractivity contribution in [2.45, 2.75) is 25.7 Å². The minimum atomic E-state index is -4.82. The Balaban J connectivity index is 2.31. The maximum absolute atomic E-state index is 13.4. The van der Waals surface area contributed by atoms with Gasteiger partial charge in [-0.3, -0.25) is 0 Å². The average molecular weight is 345 g/mol. The third-order valence-corrected chi connectivity index (χ3v) is 3.48. The normalized spacial score (nSPS) is 13.0. The third-order valence-electron chi connectivity index (χ3n) is 3.48. The SMILES string of the molecule is Cc1ccc(CN(CC(O)C(F)(F)F)c2cc(F)cc(F)c2)cc1. The maximum Gasteiger partial charge on any atom is 0.416 e. The van der Waals surface area contributed by atoms with Crippen molar-refractivity contribution in [2.24, 2.45) is 0 Å². The lowest BCUT2D eigenvalue weighted by Crippen LogP contribution is -2.41. The van der Waals surface area contributed by atoms with Crippen molar-refractivity contribution < 1.29 is 27.1 Å². The summed E-state index contributed by atoms with van der Waals surface area (Å²) in [5.74, 6) is -1.80. The second-order valence-corrected chi connectivity index (χ2v) is 5.55. The topological polar surface area (TPSA) is 23.5 Å². The standard InChI is InChI=1S/C17H16F5NO/c1-11-2-4-12(5-3-11)9-23(10-16(24)17(20,21)22)15-7-13(18)6-14(19)8-15/h2-8,16,24H,9-10H2,1H3. The van der Waals surface area contributed by atoms with Crippen molar-refractivity contribution in [3.8, 4) is 0 Å². The lowest BCUT2D eigenvalue weighted by Gasteiger charge is -2.28. The Bertz CT molecular complexity index is 664. The summed E-state index contributed by atoms with van der Waals surface area (Å²) in [6.07, 6.45) is -7.45. The number of alkyl halides is 3. The van der Waals surface area contributed by atoms with Crippen LogP contribution in [0.3, 0.4) is 0 Å². The van der Waals surface area contributed by atoms with Gasteiger partial charge in [0.25, 0.3) is 0 Å². The second-order valence-electron chi connectivity index (χ2n) is 5.55. The fourth-order valence-electron chi connectivity index (χ4n) is 2.21. The van der Waals surface area contributed by atoms with Crippen LogP contribution in [0.5, 0.6) is 0 Å². The lowest BCUT2D eigenvalue weighted by molar-refractivity contribution is -0.200. The number of aryl methyl sites for hydroxylation is 1. The minimum absolute atomic E-state index is 0.0314. The van der Waals surface area contributed by atoms with Gasteiger partial charge in [-0.05, 0) is 24.6 Å². The molecule has 2 nitrogen and oxygen atoms in total. The van der Waals surface area contributed by atoms with Crippen LogP contribution >= 0.6 is 0 Å². The Morgan fingerprint density at radius 1 is 1.00 bits per heavy atom. The van der Waals surface area contributed by atoms with Crippen molar-refractivity contribution in [2.75, 3.05) is 11.4 Å². The Morgan fingerprint density at radius 2 is 1.54 bits per heavy atom. The summed E-state index contributed by atoms with van der Waals surface area (Å²) in [4.78, 5) is 1.09. The predicted molar refractivity (Wildman–Crippen MR) is 80.6 cm³/mol. The first-order valence-electron chi connectivity index (χ1n) is 7.16. The molecule has 2 rings (SSSR count). The van der Waals surface area contributed by atoms with Gasteiger partial charge in [-0.15, -0.1) is 0 Å². The molecule has 0 aliphatic carbocycles.